The lowest BCUT2D eigenvalue weighted by atomic mass is 10.0. The minimum atomic E-state index is -0.675. The van der Waals surface area contributed by atoms with Crippen LogP contribution in [0.25, 0.3) is 0 Å². The molecule has 0 aliphatic carbocycles. The molecule has 1 aliphatic heterocycles. The number of hydrogen-bond acceptors (Lipinski definition) is 8. The molecular formula is C24H35N5O4. The molecule has 9 heteroatoms. The number of unbranched alkanes of at least 4 members (excludes halogenated alkanes) is 5. The van der Waals surface area contributed by atoms with Crippen molar-refractivity contribution in [3.8, 4) is 0 Å². The zero-order chi connectivity index (χ0) is 23.3. The summed E-state index contributed by atoms with van der Waals surface area (Å²) < 4.78 is 9.87. The minimum Gasteiger partial charge on any atom is -0.600 e. The second-order valence-corrected chi connectivity index (χ2v) is 8.23. The molecule has 1 aromatic carbocycles. The van der Waals surface area contributed by atoms with E-state index >= 15 is 0 Å². The third-order valence-electron chi connectivity index (χ3n) is 5.78. The zero-order valence-electron chi connectivity index (χ0n) is 19.5. The van der Waals surface area contributed by atoms with Crippen molar-refractivity contribution in [3.05, 3.63) is 42.1 Å². The van der Waals surface area contributed by atoms with Crippen LogP contribution in [0.4, 0.5) is 5.88 Å². The topological polar surface area (TPSA) is 98.1 Å². The molecule has 1 fully saturated rings. The van der Waals surface area contributed by atoms with E-state index in [1.165, 1.54) is 25.7 Å². The van der Waals surface area contributed by atoms with Crippen LogP contribution in [-0.4, -0.2) is 61.4 Å². The van der Waals surface area contributed by atoms with E-state index in [2.05, 4.69) is 20.2 Å². The Balaban J connectivity index is 1.22. The molecule has 0 saturated carbocycles. The first-order valence-electron chi connectivity index (χ1n) is 12.0. The molecule has 2 heterocycles. The van der Waals surface area contributed by atoms with E-state index < -0.39 is 6.08 Å². The predicted octanol–water partition coefficient (Wildman–Crippen LogP) is 2.21. The Hall–Kier alpha value is -2.94. The monoisotopic (exact) mass is 457 g/mol. The highest BCUT2D eigenvalue weighted by Crippen LogP contribution is 2.12. The molecule has 0 spiro atoms. The average molecular weight is 458 g/mol. The van der Waals surface area contributed by atoms with Gasteiger partial charge in [0.05, 0.1) is 17.9 Å². The third kappa shape index (κ3) is 8.49. The van der Waals surface area contributed by atoms with Gasteiger partial charge in [-0.15, -0.1) is 0 Å². The van der Waals surface area contributed by atoms with E-state index in [0.717, 1.165) is 51.1 Å². The van der Waals surface area contributed by atoms with Crippen LogP contribution in [0.3, 0.4) is 0 Å². The highest BCUT2D eigenvalue weighted by molar-refractivity contribution is 5.95. The predicted molar refractivity (Wildman–Crippen MR) is 123 cm³/mol. The Morgan fingerprint density at radius 2 is 1.79 bits per heavy atom. The van der Waals surface area contributed by atoms with Gasteiger partial charge in [-0.25, -0.2) is 0 Å². The van der Waals surface area contributed by atoms with Crippen molar-refractivity contribution in [2.75, 3.05) is 44.3 Å². The molecular weight excluding hydrogens is 422 g/mol. The first-order chi connectivity index (χ1) is 16.2. The van der Waals surface area contributed by atoms with Gasteiger partial charge in [-0.2, -0.15) is 10.0 Å². The fourth-order valence-electron chi connectivity index (χ4n) is 3.92. The summed E-state index contributed by atoms with van der Waals surface area (Å²) in [6, 6.07) is 9.56. The van der Waals surface area contributed by atoms with Crippen molar-refractivity contribution < 1.29 is 24.0 Å². The number of aliphatic imine (C=N–C) groups is 1. The number of carbonyl (C=O) groups excluding carboxylic acids is 1. The lowest BCUT2D eigenvalue weighted by molar-refractivity contribution is -0.759. The summed E-state index contributed by atoms with van der Waals surface area (Å²) in [6.07, 6.45) is 8.51. The number of ether oxygens (including phenoxy) is 1. The summed E-state index contributed by atoms with van der Waals surface area (Å²) >= 11 is 0. The summed E-state index contributed by atoms with van der Waals surface area (Å²) in [5.74, 6) is 0.392. The number of benzene rings is 1. The van der Waals surface area contributed by atoms with E-state index in [9.17, 15) is 9.90 Å². The normalized spacial score (nSPS) is 15.1. The first kappa shape index (κ1) is 24.7. The molecule has 180 valence electrons. The molecule has 1 saturated heterocycles. The standard InChI is InChI=1S/C24H35N5O4/c1-2-32-24(31)25-23-20-29(26-33-23)28-18-16-27(17-19-28)15-11-6-4-3-5-10-14-22(30)21-12-8-7-9-13-21/h7-9,12-13,20H,2-6,10-11,14-19H2,1H3. The molecule has 0 atom stereocenters. The smallest absolute Gasteiger partial charge is 0.326 e. The van der Waals surface area contributed by atoms with Gasteiger partial charge in [-0.05, 0) is 26.0 Å². The van der Waals surface area contributed by atoms with Crippen molar-refractivity contribution in [1.82, 2.24) is 10.2 Å². The Labute approximate surface area is 195 Å². The van der Waals surface area contributed by atoms with Gasteiger partial charge in [0.25, 0.3) is 6.20 Å². The van der Waals surface area contributed by atoms with E-state index in [-0.39, 0.29) is 18.3 Å². The van der Waals surface area contributed by atoms with E-state index in [4.69, 9.17) is 9.26 Å². The number of hydrogen-bond donors (Lipinski definition) is 0. The maximum atomic E-state index is 12.1. The Kier molecular flexibility index (Phi) is 10.2. The molecule has 3 rings (SSSR count). The van der Waals surface area contributed by atoms with Crippen LogP contribution in [0, 0.1) is 0 Å². The Morgan fingerprint density at radius 1 is 1.09 bits per heavy atom. The van der Waals surface area contributed by atoms with Crippen LogP contribution < -0.4 is 14.9 Å². The molecule has 9 nitrogen and oxygen atoms in total. The summed E-state index contributed by atoms with van der Waals surface area (Å²) in [7, 11) is 0. The van der Waals surface area contributed by atoms with Crippen LogP contribution in [0.5, 0.6) is 0 Å². The van der Waals surface area contributed by atoms with Gasteiger partial charge >= 0.3 is 5.88 Å². The number of aromatic nitrogens is 2. The minimum absolute atomic E-state index is 0.139. The van der Waals surface area contributed by atoms with Gasteiger partial charge < -0.3 is 9.84 Å². The van der Waals surface area contributed by atoms with Crippen molar-refractivity contribution in [2.45, 2.75) is 51.9 Å². The average Bonchev–Trinajstić information content (AvgIpc) is 3.30. The van der Waals surface area contributed by atoms with Crippen LogP contribution in [0.2, 0.25) is 0 Å². The lowest BCUT2D eigenvalue weighted by Gasteiger charge is -2.29. The fraction of sp³-hybridized carbons (Fsp3) is 0.583. The summed E-state index contributed by atoms with van der Waals surface area (Å²) in [4.78, 5) is 19.9. The SMILES string of the molecule is CCOC([O-])=Nc1c[n+](N2CCN(CCCCCCCCC(=O)c3ccccc3)CC2)no1. The fourth-order valence-corrected chi connectivity index (χ4v) is 3.92. The van der Waals surface area contributed by atoms with Gasteiger partial charge in [0, 0.05) is 25.1 Å². The van der Waals surface area contributed by atoms with Crippen molar-refractivity contribution in [1.29, 1.82) is 0 Å². The molecule has 1 aromatic heterocycles. The van der Waals surface area contributed by atoms with Crippen LogP contribution in [0.15, 0.2) is 46.0 Å². The first-order valence-corrected chi connectivity index (χ1v) is 12.0. The summed E-state index contributed by atoms with van der Waals surface area (Å²) in [5, 5.41) is 17.4. The number of rotatable bonds is 13. The number of ketones is 1. The highest BCUT2D eigenvalue weighted by atomic mass is 16.6. The van der Waals surface area contributed by atoms with Gasteiger partial charge in [0.2, 0.25) is 5.27 Å². The third-order valence-corrected chi connectivity index (χ3v) is 5.78. The molecule has 0 radical (unpaired) electrons. The lowest BCUT2D eigenvalue weighted by Crippen LogP contribution is -2.65. The highest BCUT2D eigenvalue weighted by Gasteiger charge is 2.25. The van der Waals surface area contributed by atoms with E-state index in [1.54, 1.807) is 17.9 Å². The second-order valence-electron chi connectivity index (χ2n) is 8.23. The molecule has 0 amide bonds. The molecule has 0 N–H and O–H groups in total. The van der Waals surface area contributed by atoms with Crippen molar-refractivity contribution in [2.24, 2.45) is 4.99 Å². The molecule has 2 aromatic rings. The Bertz CT molecular complexity index is 863. The summed E-state index contributed by atoms with van der Waals surface area (Å²) in [6.45, 7) is 6.71. The largest absolute Gasteiger partial charge is 0.600 e. The number of carbonyl (C=O) groups is 1. The quantitative estimate of drug-likeness (QED) is 0.150. The number of Topliss-reactive ketones (excluding diaryl/α,β-unsaturated/α-hetero) is 1. The van der Waals surface area contributed by atoms with E-state index in [1.807, 2.05) is 30.3 Å². The van der Waals surface area contributed by atoms with Gasteiger partial charge in [-0.3, -0.25) is 14.2 Å². The second kappa shape index (κ2) is 13.6. The maximum absolute atomic E-state index is 12.1. The summed E-state index contributed by atoms with van der Waals surface area (Å²) in [5.41, 5.74) is 0.826. The van der Waals surface area contributed by atoms with Crippen molar-refractivity contribution in [3.63, 3.8) is 0 Å². The molecule has 0 unspecified atom stereocenters. The van der Waals surface area contributed by atoms with Gasteiger partial charge in [0.1, 0.15) is 0 Å². The zero-order valence-corrected chi connectivity index (χ0v) is 19.5. The number of piperazine rings is 1. The molecule has 1 aliphatic rings. The van der Waals surface area contributed by atoms with Gasteiger partial charge in [0.15, 0.2) is 11.9 Å². The molecule has 0 bridgehead atoms. The van der Waals surface area contributed by atoms with Crippen LogP contribution in [0.1, 0.15) is 62.2 Å². The van der Waals surface area contributed by atoms with Crippen LogP contribution in [-0.2, 0) is 4.74 Å². The van der Waals surface area contributed by atoms with Gasteiger partial charge in [-0.1, -0.05) is 62.9 Å². The van der Waals surface area contributed by atoms with Crippen LogP contribution >= 0.6 is 0 Å². The van der Waals surface area contributed by atoms with E-state index in [0.29, 0.717) is 6.42 Å². The number of nitrogens with zero attached hydrogens (tertiary/aromatic N) is 5. The van der Waals surface area contributed by atoms with Crippen molar-refractivity contribution >= 4 is 17.8 Å². The maximum Gasteiger partial charge on any atom is 0.326 e. The Morgan fingerprint density at radius 3 is 2.52 bits per heavy atom. The molecule has 33 heavy (non-hydrogen) atoms.